The molecule has 3 atom stereocenters. The molecule has 1 N–H and O–H groups in total. The van der Waals surface area contributed by atoms with E-state index < -0.39 is 6.04 Å². The molecule has 3 rings (SSSR count). The van der Waals surface area contributed by atoms with E-state index in [-0.39, 0.29) is 37.2 Å². The number of nitrogens with zero attached hydrogens (tertiary/aromatic N) is 1. The van der Waals surface area contributed by atoms with Crippen LogP contribution in [0.15, 0.2) is 30.3 Å². The van der Waals surface area contributed by atoms with Crippen LogP contribution in [0.25, 0.3) is 0 Å². The summed E-state index contributed by atoms with van der Waals surface area (Å²) >= 11 is 0. The van der Waals surface area contributed by atoms with Crippen molar-refractivity contribution in [3.63, 3.8) is 0 Å². The van der Waals surface area contributed by atoms with Gasteiger partial charge >= 0.3 is 0 Å². The fourth-order valence-corrected chi connectivity index (χ4v) is 3.21. The number of amides is 2. The molecule has 6 nitrogen and oxygen atoms in total. The van der Waals surface area contributed by atoms with Crippen LogP contribution in [0.4, 0.5) is 0 Å². The zero-order chi connectivity index (χ0) is 16.9. The van der Waals surface area contributed by atoms with E-state index in [1.807, 2.05) is 37.3 Å². The predicted octanol–water partition coefficient (Wildman–Crippen LogP) is 1.10. The summed E-state index contributed by atoms with van der Waals surface area (Å²) < 4.78 is 10.9. The molecule has 24 heavy (non-hydrogen) atoms. The van der Waals surface area contributed by atoms with E-state index in [4.69, 9.17) is 9.47 Å². The molecule has 2 saturated heterocycles. The van der Waals surface area contributed by atoms with Gasteiger partial charge in [0.2, 0.25) is 11.8 Å². The Morgan fingerprint density at radius 1 is 1.38 bits per heavy atom. The molecule has 0 aliphatic carbocycles. The first-order chi connectivity index (χ1) is 11.6. The minimum Gasteiger partial charge on any atom is -0.376 e. The Morgan fingerprint density at radius 2 is 2.17 bits per heavy atom. The first-order valence-corrected chi connectivity index (χ1v) is 8.48. The highest BCUT2D eigenvalue weighted by atomic mass is 16.5. The molecule has 0 bridgehead atoms. The van der Waals surface area contributed by atoms with Crippen LogP contribution in [-0.4, -0.2) is 54.7 Å². The Bertz CT molecular complexity index is 572. The van der Waals surface area contributed by atoms with Gasteiger partial charge in [0.05, 0.1) is 18.8 Å². The van der Waals surface area contributed by atoms with E-state index in [1.165, 1.54) is 0 Å². The van der Waals surface area contributed by atoms with Gasteiger partial charge in [0.15, 0.2) is 0 Å². The Kier molecular flexibility index (Phi) is 5.48. The SMILES string of the molecule is C[C@H](NC(=O)[C@@H]1COCC(=O)N1Cc1ccccc1)[C@H]1CCCO1. The molecule has 2 aliphatic rings. The number of benzene rings is 1. The zero-order valence-electron chi connectivity index (χ0n) is 13.9. The summed E-state index contributed by atoms with van der Waals surface area (Å²) in [5, 5.41) is 2.99. The summed E-state index contributed by atoms with van der Waals surface area (Å²) in [5.41, 5.74) is 0.998. The lowest BCUT2D eigenvalue weighted by molar-refractivity contribution is -0.156. The number of rotatable bonds is 5. The van der Waals surface area contributed by atoms with Gasteiger partial charge in [-0.25, -0.2) is 0 Å². The maximum absolute atomic E-state index is 12.7. The third-order valence-electron chi connectivity index (χ3n) is 4.59. The highest BCUT2D eigenvalue weighted by Crippen LogP contribution is 2.17. The van der Waals surface area contributed by atoms with Gasteiger partial charge < -0.3 is 19.7 Å². The Labute approximate surface area is 142 Å². The molecule has 0 saturated carbocycles. The van der Waals surface area contributed by atoms with Crippen molar-refractivity contribution in [1.82, 2.24) is 10.2 Å². The van der Waals surface area contributed by atoms with Gasteiger partial charge in [-0.05, 0) is 25.3 Å². The van der Waals surface area contributed by atoms with Gasteiger partial charge in [0.1, 0.15) is 12.6 Å². The summed E-state index contributed by atoms with van der Waals surface area (Å²) in [6, 6.07) is 9.01. The van der Waals surface area contributed by atoms with Crippen LogP contribution in [0.3, 0.4) is 0 Å². The second-order valence-electron chi connectivity index (χ2n) is 6.39. The molecule has 1 aromatic carbocycles. The minimum absolute atomic E-state index is 0.0257. The zero-order valence-corrected chi connectivity index (χ0v) is 13.9. The summed E-state index contributed by atoms with van der Waals surface area (Å²) in [5.74, 6) is -0.336. The number of hydrogen-bond donors (Lipinski definition) is 1. The Hall–Kier alpha value is -1.92. The molecule has 130 valence electrons. The molecule has 6 heteroatoms. The normalized spacial score (nSPS) is 25.5. The van der Waals surface area contributed by atoms with Gasteiger partial charge in [0, 0.05) is 13.2 Å². The van der Waals surface area contributed by atoms with Crippen molar-refractivity contribution in [2.45, 2.75) is 44.5 Å². The number of carbonyl (C=O) groups excluding carboxylic acids is 2. The molecule has 0 aromatic heterocycles. The van der Waals surface area contributed by atoms with Crippen LogP contribution in [0.1, 0.15) is 25.3 Å². The van der Waals surface area contributed by atoms with Gasteiger partial charge in [-0.1, -0.05) is 30.3 Å². The molecule has 2 amide bonds. The molecule has 0 spiro atoms. The predicted molar refractivity (Wildman–Crippen MR) is 88.2 cm³/mol. The number of ether oxygens (including phenoxy) is 2. The molecule has 2 aliphatic heterocycles. The van der Waals surface area contributed by atoms with E-state index in [1.54, 1.807) is 4.90 Å². The van der Waals surface area contributed by atoms with Gasteiger partial charge in [0.25, 0.3) is 0 Å². The minimum atomic E-state index is -0.602. The van der Waals surface area contributed by atoms with Crippen LogP contribution in [0, 0.1) is 0 Å². The topological polar surface area (TPSA) is 67.9 Å². The lowest BCUT2D eigenvalue weighted by Crippen LogP contribution is -2.58. The fraction of sp³-hybridized carbons (Fsp3) is 0.556. The third kappa shape index (κ3) is 3.94. The van der Waals surface area contributed by atoms with E-state index in [2.05, 4.69) is 5.32 Å². The summed E-state index contributed by atoms with van der Waals surface area (Å²) in [6.07, 6.45) is 2.03. The molecule has 2 heterocycles. The molecule has 0 radical (unpaired) electrons. The second kappa shape index (κ2) is 7.77. The Balaban J connectivity index is 1.66. The van der Waals surface area contributed by atoms with Gasteiger partial charge in [-0.3, -0.25) is 9.59 Å². The van der Waals surface area contributed by atoms with Crippen molar-refractivity contribution < 1.29 is 19.1 Å². The smallest absolute Gasteiger partial charge is 0.249 e. The van der Waals surface area contributed by atoms with Crippen LogP contribution in [-0.2, 0) is 25.6 Å². The van der Waals surface area contributed by atoms with E-state index in [0.717, 1.165) is 25.0 Å². The summed E-state index contributed by atoms with van der Waals surface area (Å²) in [6.45, 7) is 3.35. The van der Waals surface area contributed by atoms with Crippen LogP contribution in [0.5, 0.6) is 0 Å². The molecule has 0 unspecified atom stereocenters. The first-order valence-electron chi connectivity index (χ1n) is 8.48. The fourth-order valence-electron chi connectivity index (χ4n) is 3.21. The molecule has 2 fully saturated rings. The van der Waals surface area contributed by atoms with Crippen molar-refractivity contribution in [2.24, 2.45) is 0 Å². The van der Waals surface area contributed by atoms with Gasteiger partial charge in [-0.15, -0.1) is 0 Å². The van der Waals surface area contributed by atoms with E-state index >= 15 is 0 Å². The largest absolute Gasteiger partial charge is 0.376 e. The summed E-state index contributed by atoms with van der Waals surface area (Å²) in [4.78, 5) is 26.5. The maximum Gasteiger partial charge on any atom is 0.249 e. The first kappa shape index (κ1) is 16.9. The monoisotopic (exact) mass is 332 g/mol. The molecular formula is C18H24N2O4. The number of hydrogen-bond acceptors (Lipinski definition) is 4. The second-order valence-corrected chi connectivity index (χ2v) is 6.39. The van der Waals surface area contributed by atoms with Crippen LogP contribution in [0.2, 0.25) is 0 Å². The number of nitrogens with one attached hydrogen (secondary N) is 1. The van der Waals surface area contributed by atoms with Crippen molar-refractivity contribution in [3.05, 3.63) is 35.9 Å². The number of morpholine rings is 1. The summed E-state index contributed by atoms with van der Waals surface area (Å²) in [7, 11) is 0. The van der Waals surface area contributed by atoms with Crippen molar-refractivity contribution >= 4 is 11.8 Å². The highest BCUT2D eigenvalue weighted by Gasteiger charge is 2.35. The van der Waals surface area contributed by atoms with Crippen molar-refractivity contribution in [2.75, 3.05) is 19.8 Å². The average Bonchev–Trinajstić information content (AvgIpc) is 3.12. The van der Waals surface area contributed by atoms with Crippen molar-refractivity contribution in [1.29, 1.82) is 0 Å². The quantitative estimate of drug-likeness (QED) is 0.877. The van der Waals surface area contributed by atoms with Crippen molar-refractivity contribution in [3.8, 4) is 0 Å². The lowest BCUT2D eigenvalue weighted by Gasteiger charge is -2.35. The Morgan fingerprint density at radius 3 is 2.88 bits per heavy atom. The average molecular weight is 332 g/mol. The lowest BCUT2D eigenvalue weighted by atomic mass is 10.1. The third-order valence-corrected chi connectivity index (χ3v) is 4.59. The van der Waals surface area contributed by atoms with E-state index in [9.17, 15) is 9.59 Å². The van der Waals surface area contributed by atoms with Crippen LogP contribution >= 0.6 is 0 Å². The number of carbonyl (C=O) groups is 2. The molecular weight excluding hydrogens is 308 g/mol. The van der Waals surface area contributed by atoms with E-state index in [0.29, 0.717) is 6.54 Å². The maximum atomic E-state index is 12.7. The van der Waals surface area contributed by atoms with Crippen LogP contribution < -0.4 is 5.32 Å². The highest BCUT2D eigenvalue weighted by molar-refractivity contribution is 5.89. The standard InChI is InChI=1S/C18H24N2O4/c1-13(16-8-5-9-24-16)19-18(22)15-11-23-12-17(21)20(15)10-14-6-3-2-4-7-14/h2-4,6-7,13,15-16H,5,8-12H2,1H3,(H,19,22)/t13-,15-,16+/m0/s1. The van der Waals surface area contributed by atoms with Gasteiger partial charge in [-0.2, -0.15) is 0 Å². The molecule has 1 aromatic rings.